The molecule has 34 heavy (non-hydrogen) atoms. The molecule has 0 bridgehead atoms. The van der Waals surface area contributed by atoms with Crippen molar-refractivity contribution in [2.24, 2.45) is 0 Å². The van der Waals surface area contributed by atoms with E-state index in [0.29, 0.717) is 27.2 Å². The molecule has 0 atom stereocenters. The molecular formula is C25H28Cl2N4O3. The van der Waals surface area contributed by atoms with Crippen LogP contribution in [0.3, 0.4) is 0 Å². The molecule has 9 heteroatoms. The number of hydrogen-bond donors (Lipinski definition) is 1. The van der Waals surface area contributed by atoms with Crippen molar-refractivity contribution in [1.82, 2.24) is 9.80 Å². The van der Waals surface area contributed by atoms with Crippen LogP contribution >= 0.6 is 23.2 Å². The lowest BCUT2D eigenvalue weighted by Crippen LogP contribution is -2.41. The van der Waals surface area contributed by atoms with E-state index in [1.807, 2.05) is 37.3 Å². The Morgan fingerprint density at radius 1 is 0.824 bits per heavy atom. The largest absolute Gasteiger partial charge is 0.370 e. The number of carbonyl (C=O) groups excluding carboxylic acids is 2. The number of para-hydroxylation sites is 1. The molecule has 0 unspecified atom stereocenters. The number of nitrogens with zero attached hydrogens (tertiary/aromatic N) is 3. The van der Waals surface area contributed by atoms with E-state index < -0.39 is 0 Å². The molecule has 0 aromatic heterocycles. The van der Waals surface area contributed by atoms with Crippen LogP contribution in [0.5, 0.6) is 5.75 Å². The fraction of sp³-hybridized carbons (Fsp3) is 0.200. The zero-order valence-corrected chi connectivity index (χ0v) is 21.3. The van der Waals surface area contributed by atoms with Crippen LogP contribution in [0.4, 0.5) is 21.0 Å². The Hall–Kier alpha value is -3.42. The topological polar surface area (TPSA) is 65.1 Å². The zero-order chi connectivity index (χ0) is 25.3. The number of rotatable bonds is 4. The number of hydroxylamine groups is 1. The van der Waals surface area contributed by atoms with E-state index in [1.54, 1.807) is 70.7 Å². The van der Waals surface area contributed by atoms with Gasteiger partial charge in [-0.25, -0.2) is 9.59 Å². The quantitative estimate of drug-likeness (QED) is 0.410. The molecule has 1 N–H and O–H groups in total. The monoisotopic (exact) mass is 502 g/mol. The van der Waals surface area contributed by atoms with Crippen molar-refractivity contribution >= 4 is 46.6 Å². The summed E-state index contributed by atoms with van der Waals surface area (Å²) in [6.07, 6.45) is 0. The number of nitrogens with one attached hydrogen (secondary N) is 1. The molecule has 3 aromatic rings. The molecule has 0 fully saturated rings. The number of anilines is 2. The fourth-order valence-corrected chi connectivity index (χ4v) is 2.76. The van der Waals surface area contributed by atoms with Crippen LogP contribution in [0.25, 0.3) is 0 Å². The van der Waals surface area contributed by atoms with Crippen molar-refractivity contribution < 1.29 is 14.4 Å². The third-order valence-corrected chi connectivity index (χ3v) is 5.05. The Morgan fingerprint density at radius 3 is 1.97 bits per heavy atom. The first-order valence-corrected chi connectivity index (χ1v) is 11.1. The summed E-state index contributed by atoms with van der Waals surface area (Å²) in [6, 6.07) is 21.0. The number of urea groups is 2. The number of halogens is 2. The minimum atomic E-state index is -0.272. The lowest BCUT2D eigenvalue weighted by molar-refractivity contribution is 0.190. The average Bonchev–Trinajstić information content (AvgIpc) is 2.81. The summed E-state index contributed by atoms with van der Waals surface area (Å²) in [7, 11) is 6.71. The van der Waals surface area contributed by atoms with Crippen LogP contribution in [0, 0.1) is 6.92 Å². The summed E-state index contributed by atoms with van der Waals surface area (Å²) in [6.45, 7) is 1.92. The maximum atomic E-state index is 12.2. The summed E-state index contributed by atoms with van der Waals surface area (Å²) < 4.78 is 0. The number of benzene rings is 3. The van der Waals surface area contributed by atoms with Crippen LogP contribution in [0.2, 0.25) is 10.0 Å². The van der Waals surface area contributed by atoms with Crippen LogP contribution in [0.1, 0.15) is 5.56 Å². The van der Waals surface area contributed by atoms with Gasteiger partial charge < -0.3 is 20.0 Å². The van der Waals surface area contributed by atoms with Crippen LogP contribution in [-0.2, 0) is 0 Å². The summed E-state index contributed by atoms with van der Waals surface area (Å²) in [5, 5.41) is 5.22. The normalized spacial score (nSPS) is 9.85. The van der Waals surface area contributed by atoms with Crippen molar-refractivity contribution in [3.63, 3.8) is 0 Å². The van der Waals surface area contributed by atoms with Gasteiger partial charge in [-0.3, -0.25) is 0 Å². The van der Waals surface area contributed by atoms with E-state index in [9.17, 15) is 9.59 Å². The highest BCUT2D eigenvalue weighted by Gasteiger charge is 2.19. The lowest BCUT2D eigenvalue weighted by Gasteiger charge is -2.25. The Morgan fingerprint density at radius 2 is 1.44 bits per heavy atom. The van der Waals surface area contributed by atoms with Crippen LogP contribution in [-0.4, -0.2) is 50.1 Å². The van der Waals surface area contributed by atoms with Crippen molar-refractivity contribution in [2.75, 3.05) is 38.6 Å². The zero-order valence-electron chi connectivity index (χ0n) is 19.8. The molecule has 0 aliphatic carbocycles. The van der Waals surface area contributed by atoms with Gasteiger partial charge in [-0.1, -0.05) is 47.5 Å². The van der Waals surface area contributed by atoms with Crippen molar-refractivity contribution in [3.8, 4) is 5.75 Å². The molecule has 4 amide bonds. The fourth-order valence-electron chi connectivity index (χ4n) is 2.45. The smallest absolute Gasteiger partial charge is 0.357 e. The molecule has 0 spiro atoms. The minimum Gasteiger partial charge on any atom is -0.370 e. The Labute approximate surface area is 210 Å². The number of amides is 4. The van der Waals surface area contributed by atoms with Gasteiger partial charge >= 0.3 is 12.1 Å². The van der Waals surface area contributed by atoms with Gasteiger partial charge in [0.1, 0.15) is 0 Å². The summed E-state index contributed by atoms with van der Waals surface area (Å²) in [5.74, 6) is 0.536. The Kier molecular flexibility index (Phi) is 10.0. The molecule has 180 valence electrons. The van der Waals surface area contributed by atoms with E-state index in [2.05, 4.69) is 5.32 Å². The molecule has 0 saturated carbocycles. The molecule has 0 aliphatic heterocycles. The second-order valence-corrected chi connectivity index (χ2v) is 8.48. The van der Waals surface area contributed by atoms with Crippen molar-refractivity contribution in [1.29, 1.82) is 0 Å². The highest BCUT2D eigenvalue weighted by atomic mass is 35.5. The first-order valence-electron chi connectivity index (χ1n) is 10.3. The molecule has 0 saturated heterocycles. The first-order chi connectivity index (χ1) is 16.1. The van der Waals surface area contributed by atoms with Crippen LogP contribution in [0.15, 0.2) is 72.8 Å². The van der Waals surface area contributed by atoms with Crippen molar-refractivity contribution in [2.45, 2.75) is 6.92 Å². The predicted octanol–water partition coefficient (Wildman–Crippen LogP) is 6.56. The minimum absolute atomic E-state index is 0.162. The van der Waals surface area contributed by atoms with Gasteiger partial charge in [-0.15, -0.1) is 5.06 Å². The molecular weight excluding hydrogens is 475 g/mol. The molecule has 7 nitrogen and oxygen atoms in total. The standard InChI is InChI=1S/C15H15ClN2O2.C10H13ClN2O/c1-17(2)15(19)18(13-6-4-3-5-7-13)20-14-10-8-12(16)9-11-14;1-7-4-5-8(6-9(7)11)12-10(14)13(2)3/h3-11H,1-2H3;4-6H,1-3H3,(H,12,14). The summed E-state index contributed by atoms with van der Waals surface area (Å²) in [5.41, 5.74) is 2.36. The van der Waals surface area contributed by atoms with Crippen LogP contribution < -0.4 is 15.2 Å². The first kappa shape index (κ1) is 26.8. The Bertz CT molecular complexity index is 1090. The summed E-state index contributed by atoms with van der Waals surface area (Å²) in [4.78, 5) is 32.1. The van der Waals surface area contributed by atoms with Crippen molar-refractivity contribution in [3.05, 3.63) is 88.4 Å². The molecule has 0 heterocycles. The maximum Gasteiger partial charge on any atom is 0.357 e. The van der Waals surface area contributed by atoms with Gasteiger partial charge in [0.2, 0.25) is 0 Å². The van der Waals surface area contributed by atoms with E-state index in [4.69, 9.17) is 28.0 Å². The Balaban J connectivity index is 0.000000257. The van der Waals surface area contributed by atoms with Gasteiger partial charge in [-0.2, -0.15) is 0 Å². The van der Waals surface area contributed by atoms with Gasteiger partial charge in [-0.05, 0) is 61.0 Å². The highest BCUT2D eigenvalue weighted by Crippen LogP contribution is 2.22. The predicted molar refractivity (Wildman–Crippen MR) is 139 cm³/mol. The highest BCUT2D eigenvalue weighted by molar-refractivity contribution is 6.31. The van der Waals surface area contributed by atoms with E-state index in [-0.39, 0.29) is 12.1 Å². The number of hydrogen-bond acceptors (Lipinski definition) is 3. The third-order valence-electron chi connectivity index (χ3n) is 4.39. The lowest BCUT2D eigenvalue weighted by atomic mass is 10.2. The molecule has 3 rings (SSSR count). The van der Waals surface area contributed by atoms with Gasteiger partial charge in [0.05, 0.1) is 5.69 Å². The second kappa shape index (κ2) is 12.7. The van der Waals surface area contributed by atoms with Gasteiger partial charge in [0, 0.05) is 43.9 Å². The van der Waals surface area contributed by atoms with E-state index >= 15 is 0 Å². The molecule has 0 aliphatic rings. The average molecular weight is 503 g/mol. The van der Waals surface area contributed by atoms with E-state index in [0.717, 1.165) is 5.56 Å². The second-order valence-electron chi connectivity index (χ2n) is 7.64. The SMILES string of the molecule is CN(C)C(=O)N(Oc1ccc(Cl)cc1)c1ccccc1.Cc1ccc(NC(=O)N(C)C)cc1Cl. The van der Waals surface area contributed by atoms with Gasteiger partial charge in [0.15, 0.2) is 5.75 Å². The van der Waals surface area contributed by atoms with E-state index in [1.165, 1.54) is 14.9 Å². The number of carbonyl (C=O) groups is 2. The van der Waals surface area contributed by atoms with Gasteiger partial charge in [0.25, 0.3) is 0 Å². The third kappa shape index (κ3) is 8.17. The summed E-state index contributed by atoms with van der Waals surface area (Å²) >= 11 is 11.7. The number of aryl methyl sites for hydroxylation is 1. The molecule has 0 radical (unpaired) electrons. The molecule has 3 aromatic carbocycles. The maximum absolute atomic E-state index is 12.2.